The molecule has 1 aromatic heterocycles. The summed E-state index contributed by atoms with van der Waals surface area (Å²) < 4.78 is 2.54. The molecule has 0 amide bonds. The minimum Gasteiger partial charge on any atom is -0.248 e. The van der Waals surface area contributed by atoms with Gasteiger partial charge in [0.15, 0.2) is 3.95 Å². The highest BCUT2D eigenvalue weighted by Gasteiger charge is 1.89. The third-order valence-corrected chi connectivity index (χ3v) is 2.12. The van der Waals surface area contributed by atoms with Crippen molar-refractivity contribution in [3.8, 4) is 0 Å². The Kier molecular flexibility index (Phi) is 1.44. The van der Waals surface area contributed by atoms with E-state index < -0.39 is 0 Å². The lowest BCUT2D eigenvalue weighted by molar-refractivity contribution is 0.747. The van der Waals surface area contributed by atoms with E-state index in [-0.39, 0.29) is 0 Å². The standard InChI is InChI=1S/C4H6N2S2/c1-3-5-6(2)4(7)8-3/h1-2H3. The van der Waals surface area contributed by atoms with Gasteiger partial charge in [0.05, 0.1) is 0 Å². The fourth-order valence-electron chi connectivity index (χ4n) is 0.465. The first-order chi connectivity index (χ1) is 3.70. The van der Waals surface area contributed by atoms with Gasteiger partial charge in [0, 0.05) is 7.05 Å². The maximum atomic E-state index is 4.89. The summed E-state index contributed by atoms with van der Waals surface area (Å²) in [5.41, 5.74) is 0. The molecule has 44 valence electrons. The Morgan fingerprint density at radius 3 is 2.50 bits per heavy atom. The van der Waals surface area contributed by atoms with Crippen molar-refractivity contribution in [3.63, 3.8) is 0 Å². The van der Waals surface area contributed by atoms with E-state index in [2.05, 4.69) is 5.10 Å². The van der Waals surface area contributed by atoms with E-state index in [1.165, 1.54) is 11.3 Å². The van der Waals surface area contributed by atoms with Crippen LogP contribution in [0.2, 0.25) is 0 Å². The third-order valence-electron chi connectivity index (χ3n) is 0.790. The first-order valence-electron chi connectivity index (χ1n) is 2.21. The Morgan fingerprint density at radius 1 is 1.75 bits per heavy atom. The molecule has 1 rings (SSSR count). The summed E-state index contributed by atoms with van der Waals surface area (Å²) in [6.45, 7) is 1.94. The van der Waals surface area contributed by atoms with E-state index in [4.69, 9.17) is 12.2 Å². The van der Waals surface area contributed by atoms with Crippen LogP contribution in [0.3, 0.4) is 0 Å². The highest BCUT2D eigenvalue weighted by atomic mass is 32.1. The number of nitrogens with zero attached hydrogens (tertiary/aromatic N) is 2. The zero-order valence-corrected chi connectivity index (χ0v) is 6.34. The molecule has 0 saturated carbocycles. The van der Waals surface area contributed by atoms with Crippen LogP contribution in [0.5, 0.6) is 0 Å². The maximum absolute atomic E-state index is 4.89. The summed E-state index contributed by atoms with van der Waals surface area (Å²) in [6.07, 6.45) is 0. The van der Waals surface area contributed by atoms with Crippen LogP contribution in [0.25, 0.3) is 0 Å². The molecule has 4 heteroatoms. The van der Waals surface area contributed by atoms with Gasteiger partial charge < -0.3 is 0 Å². The van der Waals surface area contributed by atoms with Crippen LogP contribution < -0.4 is 0 Å². The molecule has 1 heterocycles. The molecule has 0 fully saturated rings. The van der Waals surface area contributed by atoms with Gasteiger partial charge >= 0.3 is 0 Å². The van der Waals surface area contributed by atoms with Crippen molar-refractivity contribution >= 4 is 23.6 Å². The smallest absolute Gasteiger partial charge is 0.178 e. The van der Waals surface area contributed by atoms with Crippen LogP contribution in [-0.2, 0) is 7.05 Å². The second-order valence-electron chi connectivity index (χ2n) is 1.51. The van der Waals surface area contributed by atoms with Gasteiger partial charge in [-0.1, -0.05) is 11.3 Å². The Balaban J connectivity index is 3.35. The van der Waals surface area contributed by atoms with Gasteiger partial charge in [-0.3, -0.25) is 0 Å². The SMILES string of the molecule is Cc1nn(C)c(=S)s1. The largest absolute Gasteiger partial charge is 0.248 e. The van der Waals surface area contributed by atoms with E-state index >= 15 is 0 Å². The minimum absolute atomic E-state index is 0.836. The highest BCUT2D eigenvalue weighted by Crippen LogP contribution is 2.03. The number of aryl methyl sites for hydroxylation is 2. The lowest BCUT2D eigenvalue weighted by Gasteiger charge is -1.79. The topological polar surface area (TPSA) is 17.8 Å². The number of aromatic nitrogens is 2. The second kappa shape index (κ2) is 1.95. The average Bonchev–Trinajstić information content (AvgIpc) is 1.85. The van der Waals surface area contributed by atoms with Crippen LogP contribution in [-0.4, -0.2) is 9.78 Å². The third kappa shape index (κ3) is 0.952. The fourth-order valence-corrected chi connectivity index (χ4v) is 1.46. The van der Waals surface area contributed by atoms with Gasteiger partial charge in [-0.25, -0.2) is 4.68 Å². The van der Waals surface area contributed by atoms with E-state index in [0.717, 1.165) is 8.96 Å². The lowest BCUT2D eigenvalue weighted by Crippen LogP contribution is -1.88. The Hall–Kier alpha value is -0.220. The summed E-state index contributed by atoms with van der Waals surface area (Å²) in [4.78, 5) is 0. The van der Waals surface area contributed by atoms with Crippen molar-refractivity contribution in [2.45, 2.75) is 6.92 Å². The van der Waals surface area contributed by atoms with Gasteiger partial charge in [0.25, 0.3) is 0 Å². The molecule has 8 heavy (non-hydrogen) atoms. The van der Waals surface area contributed by atoms with Gasteiger partial charge in [-0.15, -0.1) is 0 Å². The van der Waals surface area contributed by atoms with Crippen LogP contribution in [0, 0.1) is 10.9 Å². The van der Waals surface area contributed by atoms with Crippen LogP contribution in [0.1, 0.15) is 5.01 Å². The highest BCUT2D eigenvalue weighted by molar-refractivity contribution is 7.73. The van der Waals surface area contributed by atoms with Gasteiger partial charge in [0.1, 0.15) is 5.01 Å². The molecule has 0 aliphatic carbocycles. The average molecular weight is 146 g/mol. The first kappa shape index (κ1) is 5.91. The molecule has 0 unspecified atom stereocenters. The monoisotopic (exact) mass is 146 g/mol. The predicted octanol–water partition coefficient (Wildman–Crippen LogP) is 1.52. The summed E-state index contributed by atoms with van der Waals surface area (Å²) >= 11 is 6.43. The Labute approximate surface area is 56.8 Å². The molecular weight excluding hydrogens is 140 g/mol. The van der Waals surface area contributed by atoms with Crippen molar-refractivity contribution in [1.29, 1.82) is 0 Å². The quantitative estimate of drug-likeness (QED) is 0.516. The molecule has 0 spiro atoms. The molecule has 0 bridgehead atoms. The Morgan fingerprint density at radius 2 is 2.38 bits per heavy atom. The predicted molar refractivity (Wildman–Crippen MR) is 36.7 cm³/mol. The number of rotatable bonds is 0. The van der Waals surface area contributed by atoms with Crippen LogP contribution in [0.4, 0.5) is 0 Å². The molecule has 1 aromatic rings. The van der Waals surface area contributed by atoms with E-state index in [9.17, 15) is 0 Å². The molecule has 0 aliphatic rings. The molecule has 0 N–H and O–H groups in total. The normalized spacial score (nSPS) is 9.75. The van der Waals surface area contributed by atoms with Crippen molar-refractivity contribution < 1.29 is 0 Å². The minimum atomic E-state index is 0.836. The second-order valence-corrected chi connectivity index (χ2v) is 3.34. The van der Waals surface area contributed by atoms with E-state index in [1.54, 1.807) is 4.68 Å². The molecule has 0 radical (unpaired) electrons. The van der Waals surface area contributed by atoms with Crippen molar-refractivity contribution in [2.75, 3.05) is 0 Å². The van der Waals surface area contributed by atoms with Crippen LogP contribution >= 0.6 is 23.6 Å². The summed E-state index contributed by atoms with van der Waals surface area (Å²) in [5, 5.41) is 5.07. The fraction of sp³-hybridized carbons (Fsp3) is 0.500. The van der Waals surface area contributed by atoms with E-state index in [1.807, 2.05) is 14.0 Å². The van der Waals surface area contributed by atoms with Crippen molar-refractivity contribution in [1.82, 2.24) is 9.78 Å². The van der Waals surface area contributed by atoms with E-state index in [0.29, 0.717) is 0 Å². The molecule has 2 nitrogen and oxygen atoms in total. The molecule has 0 aromatic carbocycles. The van der Waals surface area contributed by atoms with Crippen molar-refractivity contribution in [3.05, 3.63) is 8.96 Å². The molecular formula is C4H6N2S2. The summed E-state index contributed by atoms with van der Waals surface area (Å²) in [7, 11) is 1.85. The zero-order valence-electron chi connectivity index (χ0n) is 4.71. The number of hydrogen-bond donors (Lipinski definition) is 0. The zero-order chi connectivity index (χ0) is 6.15. The van der Waals surface area contributed by atoms with Gasteiger partial charge in [0.2, 0.25) is 0 Å². The van der Waals surface area contributed by atoms with Gasteiger partial charge in [-0.2, -0.15) is 5.10 Å². The van der Waals surface area contributed by atoms with Gasteiger partial charge in [-0.05, 0) is 19.1 Å². The molecule has 0 atom stereocenters. The number of hydrogen-bond acceptors (Lipinski definition) is 3. The molecule has 0 aliphatic heterocycles. The molecule has 0 saturated heterocycles. The van der Waals surface area contributed by atoms with Crippen molar-refractivity contribution in [2.24, 2.45) is 7.05 Å². The maximum Gasteiger partial charge on any atom is 0.178 e. The first-order valence-corrected chi connectivity index (χ1v) is 3.43. The van der Waals surface area contributed by atoms with Crippen LogP contribution in [0.15, 0.2) is 0 Å². The summed E-state index contributed by atoms with van der Waals surface area (Å²) in [6, 6.07) is 0. The Bertz CT molecular complexity index is 234. The summed E-state index contributed by atoms with van der Waals surface area (Å²) in [5.74, 6) is 0. The lowest BCUT2D eigenvalue weighted by atomic mass is 10.9.